The van der Waals surface area contributed by atoms with Gasteiger partial charge in [-0.1, -0.05) is 25.1 Å². The average Bonchev–Trinajstić information content (AvgIpc) is 2.91. The second-order valence-electron chi connectivity index (χ2n) is 6.87. The molecule has 3 nitrogen and oxygen atoms in total. The van der Waals surface area contributed by atoms with E-state index in [2.05, 4.69) is 28.9 Å². The molecule has 112 valence electrons. The first kappa shape index (κ1) is 14.2. The van der Waals surface area contributed by atoms with Gasteiger partial charge < -0.3 is 9.88 Å². The SMILES string of the molecule is CC1CCCN(C(=O)C(C)(C)c2c[nH]c3ccccc23)C1. The number of likely N-dealkylation sites (tertiary alicyclic amines) is 1. The van der Waals surface area contributed by atoms with E-state index < -0.39 is 5.41 Å². The molecular weight excluding hydrogens is 260 g/mol. The maximum atomic E-state index is 13.0. The van der Waals surface area contributed by atoms with Gasteiger partial charge in [0.1, 0.15) is 0 Å². The molecule has 0 spiro atoms. The smallest absolute Gasteiger partial charge is 0.232 e. The summed E-state index contributed by atoms with van der Waals surface area (Å²) in [5.74, 6) is 0.861. The molecule has 3 heteroatoms. The highest BCUT2D eigenvalue weighted by molar-refractivity contribution is 5.94. The van der Waals surface area contributed by atoms with Crippen LogP contribution in [0.5, 0.6) is 0 Å². The summed E-state index contributed by atoms with van der Waals surface area (Å²) < 4.78 is 0. The third kappa shape index (κ3) is 2.45. The lowest BCUT2D eigenvalue weighted by atomic mass is 9.82. The molecule has 0 aliphatic carbocycles. The normalized spacial score (nSPS) is 20.0. The number of amides is 1. The van der Waals surface area contributed by atoms with E-state index in [9.17, 15) is 4.79 Å². The van der Waals surface area contributed by atoms with E-state index in [4.69, 9.17) is 0 Å². The van der Waals surface area contributed by atoms with Crippen molar-refractivity contribution in [3.05, 3.63) is 36.0 Å². The summed E-state index contributed by atoms with van der Waals surface area (Å²) in [7, 11) is 0. The summed E-state index contributed by atoms with van der Waals surface area (Å²) in [5.41, 5.74) is 1.71. The molecule has 2 heterocycles. The van der Waals surface area contributed by atoms with Gasteiger partial charge in [-0.2, -0.15) is 0 Å². The van der Waals surface area contributed by atoms with Crippen LogP contribution in [-0.4, -0.2) is 28.9 Å². The number of aromatic nitrogens is 1. The molecule has 0 saturated carbocycles. The number of para-hydroxylation sites is 1. The lowest BCUT2D eigenvalue weighted by Crippen LogP contribution is -2.47. The minimum Gasteiger partial charge on any atom is -0.361 e. The van der Waals surface area contributed by atoms with Gasteiger partial charge in [-0.05, 0) is 44.2 Å². The zero-order valence-corrected chi connectivity index (χ0v) is 13.1. The van der Waals surface area contributed by atoms with Crippen molar-refractivity contribution in [1.29, 1.82) is 0 Å². The molecule has 1 aromatic carbocycles. The second-order valence-corrected chi connectivity index (χ2v) is 6.87. The number of fused-ring (bicyclic) bond motifs is 1. The highest BCUT2D eigenvalue weighted by atomic mass is 16.2. The summed E-state index contributed by atoms with van der Waals surface area (Å²) in [6.45, 7) is 8.12. The Kier molecular flexibility index (Phi) is 3.52. The van der Waals surface area contributed by atoms with Gasteiger partial charge in [0.2, 0.25) is 5.91 Å². The van der Waals surface area contributed by atoms with Crippen molar-refractivity contribution in [2.75, 3.05) is 13.1 Å². The van der Waals surface area contributed by atoms with Crippen LogP contribution in [0.4, 0.5) is 0 Å². The fraction of sp³-hybridized carbons (Fsp3) is 0.500. The average molecular weight is 284 g/mol. The number of piperidine rings is 1. The summed E-state index contributed by atoms with van der Waals surface area (Å²) in [6.07, 6.45) is 4.35. The number of carbonyl (C=O) groups excluding carboxylic acids is 1. The third-order valence-electron chi connectivity index (χ3n) is 4.74. The van der Waals surface area contributed by atoms with Gasteiger partial charge in [0.05, 0.1) is 5.41 Å². The number of rotatable bonds is 2. The summed E-state index contributed by atoms with van der Waals surface area (Å²) in [5, 5.41) is 1.15. The van der Waals surface area contributed by atoms with Crippen molar-refractivity contribution in [3.8, 4) is 0 Å². The molecule has 2 aromatic rings. The molecular formula is C18H24N2O. The van der Waals surface area contributed by atoms with Gasteiger partial charge >= 0.3 is 0 Å². The summed E-state index contributed by atoms with van der Waals surface area (Å²) >= 11 is 0. The fourth-order valence-corrected chi connectivity index (χ4v) is 3.47. The Bertz CT molecular complexity index is 656. The van der Waals surface area contributed by atoms with Crippen LogP contribution in [0.15, 0.2) is 30.5 Å². The largest absolute Gasteiger partial charge is 0.361 e. The van der Waals surface area contributed by atoms with Crippen molar-refractivity contribution in [2.45, 2.75) is 39.0 Å². The van der Waals surface area contributed by atoms with Gasteiger partial charge in [0, 0.05) is 30.2 Å². The van der Waals surface area contributed by atoms with Crippen molar-refractivity contribution in [2.24, 2.45) is 5.92 Å². The van der Waals surface area contributed by atoms with E-state index >= 15 is 0 Å². The lowest BCUT2D eigenvalue weighted by molar-refractivity contribution is -0.138. The number of H-pyrrole nitrogens is 1. The molecule has 1 amide bonds. The van der Waals surface area contributed by atoms with E-state index in [1.807, 2.05) is 32.2 Å². The van der Waals surface area contributed by atoms with Crippen LogP contribution in [0.3, 0.4) is 0 Å². The lowest BCUT2D eigenvalue weighted by Gasteiger charge is -2.36. The molecule has 0 radical (unpaired) electrons. The van der Waals surface area contributed by atoms with Crippen LogP contribution in [0.2, 0.25) is 0 Å². The van der Waals surface area contributed by atoms with Crippen molar-refractivity contribution >= 4 is 16.8 Å². The van der Waals surface area contributed by atoms with Crippen LogP contribution in [0.1, 0.15) is 39.2 Å². The molecule has 21 heavy (non-hydrogen) atoms. The highest BCUT2D eigenvalue weighted by Gasteiger charge is 2.36. The maximum absolute atomic E-state index is 13.0. The number of carbonyl (C=O) groups is 1. The molecule has 1 aliphatic rings. The number of aromatic amines is 1. The van der Waals surface area contributed by atoms with E-state index in [1.54, 1.807) is 0 Å². The Morgan fingerprint density at radius 1 is 1.33 bits per heavy atom. The Morgan fingerprint density at radius 3 is 2.86 bits per heavy atom. The monoisotopic (exact) mass is 284 g/mol. The number of hydrogen-bond donors (Lipinski definition) is 1. The molecule has 1 atom stereocenters. The van der Waals surface area contributed by atoms with Gasteiger partial charge in [-0.3, -0.25) is 4.79 Å². The first-order chi connectivity index (χ1) is 10.00. The molecule has 1 saturated heterocycles. The maximum Gasteiger partial charge on any atom is 0.232 e. The van der Waals surface area contributed by atoms with E-state index in [-0.39, 0.29) is 5.91 Å². The predicted octanol–water partition coefficient (Wildman–Crippen LogP) is 3.70. The number of benzene rings is 1. The Hall–Kier alpha value is -1.77. The molecule has 1 aromatic heterocycles. The predicted molar refractivity (Wildman–Crippen MR) is 86.3 cm³/mol. The van der Waals surface area contributed by atoms with E-state index in [0.717, 1.165) is 36.0 Å². The minimum absolute atomic E-state index is 0.249. The van der Waals surface area contributed by atoms with Gasteiger partial charge in [0.25, 0.3) is 0 Å². The van der Waals surface area contributed by atoms with Crippen LogP contribution in [0, 0.1) is 5.92 Å². The van der Waals surface area contributed by atoms with Gasteiger partial charge in [-0.15, -0.1) is 0 Å². The number of hydrogen-bond acceptors (Lipinski definition) is 1. The number of nitrogens with one attached hydrogen (secondary N) is 1. The second kappa shape index (κ2) is 5.21. The van der Waals surface area contributed by atoms with Gasteiger partial charge in [0.15, 0.2) is 0 Å². The molecule has 1 aliphatic heterocycles. The van der Waals surface area contributed by atoms with Crippen LogP contribution in [-0.2, 0) is 10.2 Å². The van der Waals surface area contributed by atoms with Crippen molar-refractivity contribution in [3.63, 3.8) is 0 Å². The molecule has 3 rings (SSSR count). The molecule has 0 bridgehead atoms. The van der Waals surface area contributed by atoms with Crippen LogP contribution < -0.4 is 0 Å². The molecule has 1 fully saturated rings. The Balaban J connectivity index is 1.94. The minimum atomic E-state index is -0.489. The van der Waals surface area contributed by atoms with Crippen molar-refractivity contribution in [1.82, 2.24) is 9.88 Å². The Labute approximate surface area is 126 Å². The highest BCUT2D eigenvalue weighted by Crippen LogP contribution is 2.33. The van der Waals surface area contributed by atoms with E-state index in [0.29, 0.717) is 5.92 Å². The topological polar surface area (TPSA) is 36.1 Å². The quantitative estimate of drug-likeness (QED) is 0.896. The van der Waals surface area contributed by atoms with Crippen LogP contribution in [0.25, 0.3) is 10.9 Å². The van der Waals surface area contributed by atoms with Crippen LogP contribution >= 0.6 is 0 Å². The first-order valence-corrected chi connectivity index (χ1v) is 7.86. The molecule has 1 unspecified atom stereocenters. The first-order valence-electron chi connectivity index (χ1n) is 7.86. The van der Waals surface area contributed by atoms with E-state index in [1.165, 1.54) is 6.42 Å². The zero-order valence-electron chi connectivity index (χ0n) is 13.1. The summed E-state index contributed by atoms with van der Waals surface area (Å²) in [4.78, 5) is 18.4. The third-order valence-corrected chi connectivity index (χ3v) is 4.74. The van der Waals surface area contributed by atoms with Gasteiger partial charge in [-0.25, -0.2) is 0 Å². The summed E-state index contributed by atoms with van der Waals surface area (Å²) in [6, 6.07) is 8.20. The zero-order chi connectivity index (χ0) is 15.0. The number of nitrogens with zero attached hydrogens (tertiary/aromatic N) is 1. The standard InChI is InChI=1S/C18H24N2O/c1-13-7-6-10-20(12-13)17(21)18(2,3)15-11-19-16-9-5-4-8-14(15)16/h4-5,8-9,11,13,19H,6-7,10,12H2,1-3H3. The fourth-order valence-electron chi connectivity index (χ4n) is 3.47. The Morgan fingerprint density at radius 2 is 2.10 bits per heavy atom. The van der Waals surface area contributed by atoms with Crippen molar-refractivity contribution < 1.29 is 4.79 Å². The molecule has 1 N–H and O–H groups in total.